The zero-order chi connectivity index (χ0) is 7.33. The predicted octanol–water partition coefficient (Wildman–Crippen LogP) is -0.201. The van der Waals surface area contributed by atoms with Crippen LogP contribution in [-0.2, 0) is 4.79 Å². The molecule has 0 bridgehead atoms. The molecule has 0 aliphatic heterocycles. The van der Waals surface area contributed by atoms with Gasteiger partial charge in [-0.3, -0.25) is 10.2 Å². The van der Waals surface area contributed by atoms with Gasteiger partial charge in [0.2, 0.25) is 6.41 Å². The molecular formula is C3H5F3N2O. The second kappa shape index (κ2) is 3.29. The first-order valence-electron chi connectivity index (χ1n) is 2.05. The van der Waals surface area contributed by atoms with Gasteiger partial charge in [0.15, 0.2) is 0 Å². The SMILES string of the molecule is O=CNNCC(F)(F)F. The zero-order valence-electron chi connectivity index (χ0n) is 4.33. The Bertz CT molecular complexity index is 91.5. The van der Waals surface area contributed by atoms with Crippen LogP contribution in [0.4, 0.5) is 13.2 Å². The molecule has 0 atom stereocenters. The molecule has 0 radical (unpaired) electrons. The highest BCUT2D eigenvalue weighted by atomic mass is 19.4. The van der Waals surface area contributed by atoms with Crippen LogP contribution < -0.4 is 10.9 Å². The Morgan fingerprint density at radius 1 is 1.44 bits per heavy atom. The summed E-state index contributed by atoms with van der Waals surface area (Å²) in [7, 11) is 0. The van der Waals surface area contributed by atoms with E-state index in [-0.39, 0.29) is 6.41 Å². The number of carbonyl (C=O) groups excluding carboxylic acids is 1. The summed E-state index contributed by atoms with van der Waals surface area (Å²) in [6, 6.07) is 0. The van der Waals surface area contributed by atoms with Gasteiger partial charge in [-0.2, -0.15) is 13.2 Å². The zero-order valence-corrected chi connectivity index (χ0v) is 4.33. The van der Waals surface area contributed by atoms with Gasteiger partial charge in [0.05, 0.1) is 0 Å². The number of carbonyl (C=O) groups is 1. The van der Waals surface area contributed by atoms with Gasteiger partial charge in [-0.05, 0) is 0 Å². The van der Waals surface area contributed by atoms with Gasteiger partial charge in [0, 0.05) is 0 Å². The smallest absolute Gasteiger partial charge is 0.294 e. The van der Waals surface area contributed by atoms with Gasteiger partial charge in [0.1, 0.15) is 6.54 Å². The molecule has 2 N–H and O–H groups in total. The third-order valence-electron chi connectivity index (χ3n) is 0.450. The lowest BCUT2D eigenvalue weighted by Crippen LogP contribution is -2.38. The van der Waals surface area contributed by atoms with E-state index in [1.165, 1.54) is 0 Å². The molecule has 0 unspecified atom stereocenters. The summed E-state index contributed by atoms with van der Waals surface area (Å²) in [6.07, 6.45) is -4.15. The summed E-state index contributed by atoms with van der Waals surface area (Å²) >= 11 is 0. The van der Waals surface area contributed by atoms with Crippen molar-refractivity contribution >= 4 is 6.41 Å². The molecule has 0 saturated heterocycles. The minimum Gasteiger partial charge on any atom is -0.294 e. The Balaban J connectivity index is 3.17. The topological polar surface area (TPSA) is 41.1 Å². The normalized spacial score (nSPS) is 11.0. The van der Waals surface area contributed by atoms with Crippen LogP contribution >= 0.6 is 0 Å². The van der Waals surface area contributed by atoms with Crippen LogP contribution in [0.2, 0.25) is 0 Å². The van der Waals surface area contributed by atoms with E-state index in [1.54, 1.807) is 10.9 Å². The summed E-state index contributed by atoms with van der Waals surface area (Å²) in [4.78, 5) is 9.35. The van der Waals surface area contributed by atoms with Crippen LogP contribution in [-0.4, -0.2) is 19.1 Å². The fraction of sp³-hybridized carbons (Fsp3) is 0.667. The van der Waals surface area contributed by atoms with Gasteiger partial charge in [0.25, 0.3) is 0 Å². The number of rotatable bonds is 3. The highest BCUT2D eigenvalue weighted by Gasteiger charge is 2.26. The summed E-state index contributed by atoms with van der Waals surface area (Å²) in [5.74, 6) is 0. The molecule has 0 saturated carbocycles. The van der Waals surface area contributed by atoms with Crippen molar-refractivity contribution in [3.05, 3.63) is 0 Å². The van der Waals surface area contributed by atoms with Gasteiger partial charge >= 0.3 is 6.18 Å². The maximum Gasteiger partial charge on any atom is 0.402 e. The number of halogens is 3. The van der Waals surface area contributed by atoms with Gasteiger partial charge in [-0.1, -0.05) is 0 Å². The van der Waals surface area contributed by atoms with Crippen LogP contribution in [0.3, 0.4) is 0 Å². The van der Waals surface area contributed by atoms with Crippen LogP contribution in [0.25, 0.3) is 0 Å². The molecular weight excluding hydrogens is 137 g/mol. The molecule has 0 spiro atoms. The summed E-state index contributed by atoms with van der Waals surface area (Å²) in [5, 5.41) is 0. The maximum absolute atomic E-state index is 11.2. The average Bonchev–Trinajstić information content (AvgIpc) is 1.63. The molecule has 0 aromatic carbocycles. The van der Waals surface area contributed by atoms with E-state index < -0.39 is 12.7 Å². The standard InChI is InChI=1S/C3H5F3N2O/c4-3(5,6)1-7-8-2-9/h2,7H,1H2,(H,8,9). The number of hydrogen-bond donors (Lipinski definition) is 2. The molecule has 0 rings (SSSR count). The second-order valence-electron chi connectivity index (χ2n) is 1.23. The van der Waals surface area contributed by atoms with E-state index in [0.29, 0.717) is 0 Å². The fourth-order valence-corrected chi connectivity index (χ4v) is 0.193. The highest BCUT2D eigenvalue weighted by molar-refractivity contribution is 5.44. The molecule has 0 aliphatic rings. The molecule has 0 aromatic heterocycles. The molecule has 3 nitrogen and oxygen atoms in total. The van der Waals surface area contributed by atoms with E-state index in [1.807, 2.05) is 0 Å². The van der Waals surface area contributed by atoms with E-state index in [0.717, 1.165) is 0 Å². The summed E-state index contributed by atoms with van der Waals surface area (Å²) in [5.41, 5.74) is 3.29. The first-order chi connectivity index (χ1) is 4.06. The van der Waals surface area contributed by atoms with Crippen LogP contribution in [0.1, 0.15) is 0 Å². The van der Waals surface area contributed by atoms with E-state index in [4.69, 9.17) is 0 Å². The second-order valence-corrected chi connectivity index (χ2v) is 1.23. The third kappa shape index (κ3) is 7.22. The molecule has 6 heteroatoms. The van der Waals surface area contributed by atoms with Crippen molar-refractivity contribution in [2.24, 2.45) is 0 Å². The Kier molecular flexibility index (Phi) is 3.00. The summed E-state index contributed by atoms with van der Waals surface area (Å²) in [6.45, 7) is -1.22. The van der Waals surface area contributed by atoms with Crippen molar-refractivity contribution in [3.8, 4) is 0 Å². The molecule has 9 heavy (non-hydrogen) atoms. The van der Waals surface area contributed by atoms with Crippen molar-refractivity contribution in [3.63, 3.8) is 0 Å². The fourth-order valence-electron chi connectivity index (χ4n) is 0.193. The monoisotopic (exact) mass is 142 g/mol. The first-order valence-corrected chi connectivity index (χ1v) is 2.05. The Morgan fingerprint density at radius 3 is 2.33 bits per heavy atom. The highest BCUT2D eigenvalue weighted by Crippen LogP contribution is 2.11. The van der Waals surface area contributed by atoms with Gasteiger partial charge < -0.3 is 0 Å². The van der Waals surface area contributed by atoms with Crippen LogP contribution in [0.15, 0.2) is 0 Å². The van der Waals surface area contributed by atoms with Crippen molar-refractivity contribution in [2.75, 3.05) is 6.54 Å². The molecule has 0 aliphatic carbocycles. The van der Waals surface area contributed by atoms with Gasteiger partial charge in [-0.15, -0.1) is 0 Å². The number of amides is 1. The number of hydrazine groups is 1. The average molecular weight is 142 g/mol. The van der Waals surface area contributed by atoms with Crippen LogP contribution in [0.5, 0.6) is 0 Å². The van der Waals surface area contributed by atoms with Crippen molar-refractivity contribution < 1.29 is 18.0 Å². The molecule has 1 amide bonds. The lowest BCUT2D eigenvalue weighted by Gasteiger charge is -2.04. The minimum absolute atomic E-state index is 0.131. The van der Waals surface area contributed by atoms with Crippen LogP contribution in [0, 0.1) is 0 Å². The number of hydrogen-bond acceptors (Lipinski definition) is 2. The summed E-state index contributed by atoms with van der Waals surface area (Å²) < 4.78 is 33.5. The Labute approximate surface area is 49.2 Å². The predicted molar refractivity (Wildman–Crippen MR) is 23.3 cm³/mol. The quantitative estimate of drug-likeness (QED) is 0.325. The van der Waals surface area contributed by atoms with Gasteiger partial charge in [-0.25, -0.2) is 5.43 Å². The van der Waals surface area contributed by atoms with Crippen molar-refractivity contribution in [1.29, 1.82) is 0 Å². The first kappa shape index (κ1) is 8.22. The number of alkyl halides is 3. The van der Waals surface area contributed by atoms with E-state index >= 15 is 0 Å². The lowest BCUT2D eigenvalue weighted by atomic mass is 10.7. The molecule has 0 fully saturated rings. The van der Waals surface area contributed by atoms with E-state index in [9.17, 15) is 18.0 Å². The lowest BCUT2D eigenvalue weighted by molar-refractivity contribution is -0.128. The molecule has 54 valence electrons. The minimum atomic E-state index is -4.28. The van der Waals surface area contributed by atoms with E-state index in [2.05, 4.69) is 0 Å². The third-order valence-corrected chi connectivity index (χ3v) is 0.450. The molecule has 0 aromatic rings. The number of nitrogens with one attached hydrogen (secondary N) is 2. The van der Waals surface area contributed by atoms with Crippen molar-refractivity contribution in [2.45, 2.75) is 6.18 Å². The maximum atomic E-state index is 11.2. The Hall–Kier alpha value is -0.780. The van der Waals surface area contributed by atoms with Crippen molar-refractivity contribution in [1.82, 2.24) is 10.9 Å². The Morgan fingerprint density at radius 2 is 2.00 bits per heavy atom. The molecule has 0 heterocycles. The largest absolute Gasteiger partial charge is 0.402 e.